The third-order valence-electron chi connectivity index (χ3n) is 6.17. The average Bonchev–Trinajstić information content (AvgIpc) is 3.31. The van der Waals surface area contributed by atoms with E-state index < -0.39 is 34.8 Å². The number of para-hydroxylation sites is 2. The lowest BCUT2D eigenvalue weighted by Crippen LogP contribution is -2.37. The number of carbonyl (C=O) groups is 2. The number of carbonyl (C=O) groups excluding carboxylic acids is 2. The normalized spacial score (nSPS) is 22.1. The number of hydrogen-bond acceptors (Lipinski definition) is 6. The van der Waals surface area contributed by atoms with E-state index in [0.29, 0.717) is 16.9 Å². The van der Waals surface area contributed by atoms with Gasteiger partial charge in [-0.25, -0.2) is 9.96 Å². The van der Waals surface area contributed by atoms with Crippen molar-refractivity contribution in [2.24, 2.45) is 5.92 Å². The summed E-state index contributed by atoms with van der Waals surface area (Å²) in [6.45, 7) is 3.78. The predicted octanol–water partition coefficient (Wildman–Crippen LogP) is 4.26. The molecule has 3 aromatic carbocycles. The number of imide groups is 1. The van der Waals surface area contributed by atoms with Crippen LogP contribution in [0.1, 0.15) is 22.7 Å². The summed E-state index contributed by atoms with van der Waals surface area (Å²) in [5.41, 5.74) is 3.11. The van der Waals surface area contributed by atoms with Gasteiger partial charge in [-0.05, 0) is 43.7 Å². The van der Waals surface area contributed by atoms with Crippen LogP contribution in [0.3, 0.4) is 0 Å². The van der Waals surface area contributed by atoms with Gasteiger partial charge in [-0.2, -0.15) is 0 Å². The van der Waals surface area contributed by atoms with Crippen LogP contribution in [0.25, 0.3) is 0 Å². The van der Waals surface area contributed by atoms with E-state index >= 15 is 0 Å². The first-order chi connectivity index (χ1) is 15.9. The number of nitro benzene ring substituents is 1. The van der Waals surface area contributed by atoms with E-state index in [4.69, 9.17) is 4.84 Å². The van der Waals surface area contributed by atoms with Crippen molar-refractivity contribution in [2.75, 3.05) is 9.96 Å². The van der Waals surface area contributed by atoms with Crippen LogP contribution in [-0.4, -0.2) is 22.8 Å². The van der Waals surface area contributed by atoms with Crippen LogP contribution in [0.4, 0.5) is 17.1 Å². The summed E-state index contributed by atoms with van der Waals surface area (Å²) in [5, 5.41) is 13.3. The van der Waals surface area contributed by atoms with Crippen LogP contribution in [-0.2, 0) is 14.4 Å². The number of nitro groups is 1. The van der Waals surface area contributed by atoms with E-state index in [2.05, 4.69) is 0 Å². The highest BCUT2D eigenvalue weighted by molar-refractivity contribution is 6.24. The van der Waals surface area contributed by atoms with E-state index in [9.17, 15) is 19.7 Å². The summed E-state index contributed by atoms with van der Waals surface area (Å²) < 4.78 is 0. The van der Waals surface area contributed by atoms with Gasteiger partial charge in [-0.15, -0.1) is 0 Å². The molecule has 166 valence electrons. The van der Waals surface area contributed by atoms with Gasteiger partial charge < -0.3 is 0 Å². The van der Waals surface area contributed by atoms with Gasteiger partial charge in [0, 0.05) is 6.07 Å². The molecule has 33 heavy (non-hydrogen) atoms. The highest BCUT2D eigenvalue weighted by Crippen LogP contribution is 2.49. The largest absolute Gasteiger partial charge is 0.274 e. The molecule has 0 aliphatic carbocycles. The summed E-state index contributed by atoms with van der Waals surface area (Å²) in [7, 11) is 0. The van der Waals surface area contributed by atoms with Crippen LogP contribution < -0.4 is 9.96 Å². The summed E-state index contributed by atoms with van der Waals surface area (Å²) in [4.78, 5) is 45.7. The van der Waals surface area contributed by atoms with Gasteiger partial charge in [0.15, 0.2) is 6.10 Å². The molecule has 0 unspecified atom stereocenters. The van der Waals surface area contributed by atoms with Crippen LogP contribution in [0.15, 0.2) is 72.8 Å². The lowest BCUT2D eigenvalue weighted by Gasteiger charge is -2.28. The molecule has 0 aromatic heterocycles. The van der Waals surface area contributed by atoms with Crippen molar-refractivity contribution < 1.29 is 19.3 Å². The van der Waals surface area contributed by atoms with Crippen molar-refractivity contribution in [3.05, 3.63) is 99.6 Å². The minimum atomic E-state index is -1.08. The van der Waals surface area contributed by atoms with Crippen molar-refractivity contribution in [1.29, 1.82) is 0 Å². The first kappa shape index (κ1) is 20.8. The second kappa shape index (κ2) is 7.83. The molecule has 5 rings (SSSR count). The van der Waals surface area contributed by atoms with Gasteiger partial charge in [0.05, 0.1) is 21.9 Å². The van der Waals surface area contributed by atoms with Crippen molar-refractivity contribution in [3.63, 3.8) is 0 Å². The molecule has 0 radical (unpaired) electrons. The number of anilines is 2. The van der Waals surface area contributed by atoms with Gasteiger partial charge in [-0.3, -0.25) is 24.5 Å². The molecule has 2 fully saturated rings. The third kappa shape index (κ3) is 3.27. The number of nitrogens with zero attached hydrogens (tertiary/aromatic N) is 3. The van der Waals surface area contributed by atoms with Crippen molar-refractivity contribution in [3.8, 4) is 0 Å². The topological polar surface area (TPSA) is 93.0 Å². The fourth-order valence-corrected chi connectivity index (χ4v) is 4.73. The number of amides is 2. The Morgan fingerprint density at radius 2 is 1.61 bits per heavy atom. The summed E-state index contributed by atoms with van der Waals surface area (Å²) in [6.07, 6.45) is -1.08. The first-order valence-electron chi connectivity index (χ1n) is 10.6. The zero-order chi connectivity index (χ0) is 23.3. The molecule has 2 amide bonds. The van der Waals surface area contributed by atoms with E-state index in [1.165, 1.54) is 11.1 Å². The minimum Gasteiger partial charge on any atom is -0.273 e. The zero-order valence-corrected chi connectivity index (χ0v) is 18.0. The average molecular weight is 443 g/mol. The Labute approximate surface area is 190 Å². The Kier molecular flexibility index (Phi) is 4.94. The third-order valence-corrected chi connectivity index (χ3v) is 6.17. The summed E-state index contributed by atoms with van der Waals surface area (Å²) in [5.74, 6) is -1.84. The Balaban J connectivity index is 1.64. The van der Waals surface area contributed by atoms with Gasteiger partial charge in [0.1, 0.15) is 12.0 Å². The van der Waals surface area contributed by atoms with Crippen LogP contribution in [0.5, 0.6) is 0 Å². The Morgan fingerprint density at radius 3 is 2.30 bits per heavy atom. The monoisotopic (exact) mass is 443 g/mol. The molecule has 2 aliphatic heterocycles. The van der Waals surface area contributed by atoms with Crippen LogP contribution in [0.2, 0.25) is 0 Å². The molecular formula is C25H21N3O5. The fourth-order valence-electron chi connectivity index (χ4n) is 4.73. The molecule has 0 saturated carbocycles. The maximum Gasteiger partial charge on any atom is 0.274 e. The number of fused-ring (bicyclic) bond motifs is 1. The van der Waals surface area contributed by atoms with Crippen molar-refractivity contribution in [1.82, 2.24) is 0 Å². The van der Waals surface area contributed by atoms with Gasteiger partial charge >= 0.3 is 0 Å². The second-order valence-electron chi connectivity index (χ2n) is 8.28. The molecule has 3 aromatic rings. The lowest BCUT2D eigenvalue weighted by atomic mass is 9.89. The van der Waals surface area contributed by atoms with E-state index in [1.807, 2.05) is 32.0 Å². The first-order valence-corrected chi connectivity index (χ1v) is 10.6. The number of rotatable bonds is 4. The molecule has 0 bridgehead atoms. The lowest BCUT2D eigenvalue weighted by molar-refractivity contribution is -0.385. The molecule has 8 heteroatoms. The van der Waals surface area contributed by atoms with E-state index in [-0.39, 0.29) is 5.69 Å². The van der Waals surface area contributed by atoms with E-state index in [1.54, 1.807) is 48.5 Å². The van der Waals surface area contributed by atoms with Crippen LogP contribution in [0, 0.1) is 29.9 Å². The van der Waals surface area contributed by atoms with Gasteiger partial charge in [0.25, 0.3) is 11.6 Å². The molecule has 0 spiro atoms. The number of hydroxylamine groups is 1. The highest BCUT2D eigenvalue weighted by Gasteiger charge is 2.61. The Morgan fingerprint density at radius 1 is 0.909 bits per heavy atom. The number of benzene rings is 3. The second-order valence-corrected chi connectivity index (χ2v) is 8.28. The maximum atomic E-state index is 13.7. The molecule has 2 aliphatic rings. The molecule has 3 atom stereocenters. The molecule has 2 heterocycles. The smallest absolute Gasteiger partial charge is 0.273 e. The number of hydrogen-bond donors (Lipinski definition) is 0. The summed E-state index contributed by atoms with van der Waals surface area (Å²) >= 11 is 0. The van der Waals surface area contributed by atoms with E-state index in [0.717, 1.165) is 16.0 Å². The standard InChI is InChI=1S/C25H21N3O5/c1-15-12-13-19(16(2)14-15)26-24(29)21-22(18-10-6-7-11-20(18)28(31)32)27(33-23(21)25(26)30)17-8-4-3-5-9-17/h3-14,21-23H,1-2H3/t21-,22+,23-/m0/s1. The van der Waals surface area contributed by atoms with Gasteiger partial charge in [-0.1, -0.05) is 48.0 Å². The molecule has 8 nitrogen and oxygen atoms in total. The quantitative estimate of drug-likeness (QED) is 0.340. The van der Waals surface area contributed by atoms with Crippen molar-refractivity contribution in [2.45, 2.75) is 26.0 Å². The Bertz CT molecular complexity index is 1280. The maximum absolute atomic E-state index is 13.7. The minimum absolute atomic E-state index is 0.127. The SMILES string of the molecule is Cc1ccc(N2C(=O)[C@@H]3[C@H](ON(c4ccccc4)[C@@H]3c3ccccc3[N+](=O)[O-])C2=O)c(C)c1. The number of aryl methyl sites for hydroxylation is 2. The fraction of sp³-hybridized carbons (Fsp3) is 0.200. The molecule has 0 N–H and O–H groups in total. The molecular weight excluding hydrogens is 422 g/mol. The van der Waals surface area contributed by atoms with Gasteiger partial charge in [0.2, 0.25) is 5.91 Å². The zero-order valence-electron chi connectivity index (χ0n) is 18.0. The predicted molar refractivity (Wildman–Crippen MR) is 122 cm³/mol. The Hall–Kier alpha value is -4.04. The highest BCUT2D eigenvalue weighted by atomic mass is 16.7. The molecule has 2 saturated heterocycles. The van der Waals surface area contributed by atoms with Crippen molar-refractivity contribution >= 4 is 28.9 Å². The summed E-state index contributed by atoms with van der Waals surface area (Å²) in [6, 6.07) is 19.9. The van der Waals surface area contributed by atoms with Crippen LogP contribution >= 0.6 is 0 Å².